The standard InChI is InChI=1S/C14H9ClO2/c1-8-3-2-4-10-13(16)11-7-9(15)5-6-12(11)17-14(8)10/h2-7H,1H3. The highest BCUT2D eigenvalue weighted by Crippen LogP contribution is 2.23. The van der Waals surface area contributed by atoms with Crippen molar-refractivity contribution >= 4 is 33.5 Å². The second-order valence-corrected chi connectivity index (χ2v) is 4.46. The van der Waals surface area contributed by atoms with Crippen LogP contribution < -0.4 is 5.43 Å². The van der Waals surface area contributed by atoms with E-state index < -0.39 is 0 Å². The zero-order chi connectivity index (χ0) is 12.0. The third kappa shape index (κ3) is 1.53. The van der Waals surface area contributed by atoms with Gasteiger partial charge in [0.2, 0.25) is 5.43 Å². The van der Waals surface area contributed by atoms with Crippen LogP contribution in [0.25, 0.3) is 21.9 Å². The molecule has 84 valence electrons. The molecule has 0 amide bonds. The second kappa shape index (κ2) is 3.60. The molecule has 2 aromatic carbocycles. The van der Waals surface area contributed by atoms with Crippen molar-refractivity contribution in [1.82, 2.24) is 0 Å². The van der Waals surface area contributed by atoms with Gasteiger partial charge in [0, 0.05) is 5.02 Å². The van der Waals surface area contributed by atoms with E-state index in [0.29, 0.717) is 27.0 Å². The van der Waals surface area contributed by atoms with Crippen molar-refractivity contribution in [2.24, 2.45) is 0 Å². The molecular weight excluding hydrogens is 236 g/mol. The first-order chi connectivity index (χ1) is 8.16. The molecule has 17 heavy (non-hydrogen) atoms. The Morgan fingerprint density at radius 1 is 1.12 bits per heavy atom. The van der Waals surface area contributed by atoms with Gasteiger partial charge < -0.3 is 4.42 Å². The molecule has 3 heteroatoms. The third-order valence-electron chi connectivity index (χ3n) is 2.85. The van der Waals surface area contributed by atoms with E-state index in [1.165, 1.54) is 0 Å². The highest BCUT2D eigenvalue weighted by molar-refractivity contribution is 6.31. The summed E-state index contributed by atoms with van der Waals surface area (Å²) in [6, 6.07) is 10.6. The van der Waals surface area contributed by atoms with Crippen LogP contribution in [0.1, 0.15) is 5.56 Å². The van der Waals surface area contributed by atoms with Crippen LogP contribution in [0.3, 0.4) is 0 Å². The van der Waals surface area contributed by atoms with Gasteiger partial charge in [-0.25, -0.2) is 0 Å². The van der Waals surface area contributed by atoms with Gasteiger partial charge in [-0.3, -0.25) is 4.79 Å². The van der Waals surface area contributed by atoms with Crippen LogP contribution in [0.4, 0.5) is 0 Å². The Morgan fingerprint density at radius 2 is 1.94 bits per heavy atom. The summed E-state index contributed by atoms with van der Waals surface area (Å²) in [5.41, 5.74) is 2.14. The average molecular weight is 245 g/mol. The van der Waals surface area contributed by atoms with E-state index in [1.807, 2.05) is 19.1 Å². The maximum atomic E-state index is 12.3. The van der Waals surface area contributed by atoms with Crippen molar-refractivity contribution in [1.29, 1.82) is 0 Å². The lowest BCUT2D eigenvalue weighted by atomic mass is 10.1. The largest absolute Gasteiger partial charge is 0.456 e. The molecule has 0 aliphatic heterocycles. The molecule has 0 radical (unpaired) electrons. The van der Waals surface area contributed by atoms with Gasteiger partial charge in [0.05, 0.1) is 10.8 Å². The number of hydrogen-bond donors (Lipinski definition) is 0. The summed E-state index contributed by atoms with van der Waals surface area (Å²) in [5, 5.41) is 1.66. The number of halogens is 1. The smallest absolute Gasteiger partial charge is 0.200 e. The molecular formula is C14H9ClO2. The van der Waals surface area contributed by atoms with Gasteiger partial charge in [0.25, 0.3) is 0 Å². The summed E-state index contributed by atoms with van der Waals surface area (Å²) >= 11 is 5.89. The van der Waals surface area contributed by atoms with Crippen LogP contribution in [-0.4, -0.2) is 0 Å². The molecule has 0 spiro atoms. The summed E-state index contributed by atoms with van der Waals surface area (Å²) in [4.78, 5) is 12.3. The Bertz CT molecular complexity index is 780. The fraction of sp³-hybridized carbons (Fsp3) is 0.0714. The zero-order valence-corrected chi connectivity index (χ0v) is 9.91. The number of rotatable bonds is 0. The van der Waals surface area contributed by atoms with Crippen LogP contribution in [0.15, 0.2) is 45.6 Å². The maximum absolute atomic E-state index is 12.3. The van der Waals surface area contributed by atoms with Gasteiger partial charge in [-0.15, -0.1) is 0 Å². The van der Waals surface area contributed by atoms with Gasteiger partial charge in [-0.1, -0.05) is 23.7 Å². The van der Waals surface area contributed by atoms with E-state index in [2.05, 4.69) is 0 Å². The Hall–Kier alpha value is -1.80. The minimum absolute atomic E-state index is 0.0348. The highest BCUT2D eigenvalue weighted by atomic mass is 35.5. The van der Waals surface area contributed by atoms with Crippen molar-refractivity contribution in [2.45, 2.75) is 6.92 Å². The van der Waals surface area contributed by atoms with Crippen molar-refractivity contribution in [3.05, 3.63) is 57.2 Å². The average Bonchev–Trinajstić information content (AvgIpc) is 2.32. The van der Waals surface area contributed by atoms with Crippen LogP contribution in [0.2, 0.25) is 5.02 Å². The first-order valence-electron chi connectivity index (χ1n) is 5.28. The van der Waals surface area contributed by atoms with Gasteiger partial charge in [0.1, 0.15) is 11.2 Å². The Balaban J connectivity index is 2.62. The number of aryl methyl sites for hydroxylation is 1. The lowest BCUT2D eigenvalue weighted by molar-refractivity contribution is 0.657. The van der Waals surface area contributed by atoms with Gasteiger partial charge in [-0.2, -0.15) is 0 Å². The Kier molecular flexibility index (Phi) is 2.20. The minimum atomic E-state index is -0.0348. The van der Waals surface area contributed by atoms with Gasteiger partial charge in [-0.05, 0) is 36.8 Å². The van der Waals surface area contributed by atoms with E-state index in [1.54, 1.807) is 24.3 Å². The number of benzene rings is 2. The van der Waals surface area contributed by atoms with Gasteiger partial charge >= 0.3 is 0 Å². The first kappa shape index (κ1) is 10.4. The molecule has 3 rings (SSSR count). The molecule has 0 aliphatic carbocycles. The topological polar surface area (TPSA) is 30.2 Å². The molecule has 0 fully saturated rings. The van der Waals surface area contributed by atoms with Crippen molar-refractivity contribution in [3.63, 3.8) is 0 Å². The lowest BCUT2D eigenvalue weighted by Gasteiger charge is -2.03. The fourth-order valence-electron chi connectivity index (χ4n) is 1.99. The predicted octanol–water partition coefficient (Wildman–Crippen LogP) is 3.91. The molecule has 2 nitrogen and oxygen atoms in total. The Morgan fingerprint density at radius 3 is 2.76 bits per heavy atom. The highest BCUT2D eigenvalue weighted by Gasteiger charge is 2.09. The molecule has 0 saturated heterocycles. The summed E-state index contributed by atoms with van der Waals surface area (Å²) in [7, 11) is 0. The summed E-state index contributed by atoms with van der Waals surface area (Å²) in [5.74, 6) is 0. The zero-order valence-electron chi connectivity index (χ0n) is 9.16. The molecule has 0 saturated carbocycles. The number of hydrogen-bond acceptors (Lipinski definition) is 2. The summed E-state index contributed by atoms with van der Waals surface area (Å²) < 4.78 is 5.75. The van der Waals surface area contributed by atoms with Crippen molar-refractivity contribution < 1.29 is 4.42 Å². The maximum Gasteiger partial charge on any atom is 0.200 e. The van der Waals surface area contributed by atoms with Crippen LogP contribution in [-0.2, 0) is 0 Å². The first-order valence-corrected chi connectivity index (χ1v) is 5.66. The van der Waals surface area contributed by atoms with Crippen LogP contribution in [0.5, 0.6) is 0 Å². The van der Waals surface area contributed by atoms with E-state index in [4.69, 9.17) is 16.0 Å². The minimum Gasteiger partial charge on any atom is -0.456 e. The summed E-state index contributed by atoms with van der Waals surface area (Å²) in [6.45, 7) is 1.92. The SMILES string of the molecule is Cc1cccc2c(=O)c3cc(Cl)ccc3oc12. The van der Waals surface area contributed by atoms with Crippen LogP contribution >= 0.6 is 11.6 Å². The normalized spacial score (nSPS) is 11.2. The fourth-order valence-corrected chi connectivity index (χ4v) is 2.16. The van der Waals surface area contributed by atoms with Crippen LogP contribution in [0, 0.1) is 6.92 Å². The quantitative estimate of drug-likeness (QED) is 0.561. The summed E-state index contributed by atoms with van der Waals surface area (Å²) in [6.07, 6.45) is 0. The molecule has 3 aromatic rings. The monoisotopic (exact) mass is 244 g/mol. The van der Waals surface area contributed by atoms with E-state index in [9.17, 15) is 4.79 Å². The number of para-hydroxylation sites is 1. The molecule has 0 N–H and O–H groups in total. The van der Waals surface area contributed by atoms with Crippen molar-refractivity contribution in [3.8, 4) is 0 Å². The molecule has 1 aromatic heterocycles. The predicted molar refractivity (Wildman–Crippen MR) is 69.7 cm³/mol. The number of fused-ring (bicyclic) bond motifs is 2. The van der Waals surface area contributed by atoms with Gasteiger partial charge in [0.15, 0.2) is 0 Å². The van der Waals surface area contributed by atoms with E-state index in [0.717, 1.165) is 5.56 Å². The lowest BCUT2D eigenvalue weighted by Crippen LogP contribution is -2.02. The Labute approximate surface area is 102 Å². The molecule has 0 aliphatic rings. The van der Waals surface area contributed by atoms with E-state index >= 15 is 0 Å². The van der Waals surface area contributed by atoms with Crippen molar-refractivity contribution in [2.75, 3.05) is 0 Å². The molecule has 0 unspecified atom stereocenters. The van der Waals surface area contributed by atoms with E-state index in [-0.39, 0.29) is 5.43 Å². The molecule has 0 bridgehead atoms. The molecule has 0 atom stereocenters. The third-order valence-corrected chi connectivity index (χ3v) is 3.09. The molecule has 1 heterocycles. The second-order valence-electron chi connectivity index (χ2n) is 4.02.